The number of rotatable bonds is 7. The Morgan fingerprint density at radius 1 is 1.26 bits per heavy atom. The zero-order valence-electron chi connectivity index (χ0n) is 10.6. The van der Waals surface area contributed by atoms with E-state index in [0.717, 1.165) is 0 Å². The van der Waals surface area contributed by atoms with Gasteiger partial charge in [0, 0.05) is 19.0 Å². The molecular weight excluding hydrogens is 244 g/mol. The van der Waals surface area contributed by atoms with Crippen LogP contribution in [0.2, 0.25) is 0 Å². The van der Waals surface area contributed by atoms with Crippen molar-refractivity contribution in [2.24, 2.45) is 0 Å². The first-order chi connectivity index (χ1) is 9.16. The van der Waals surface area contributed by atoms with E-state index in [1.54, 1.807) is 24.3 Å². The van der Waals surface area contributed by atoms with Gasteiger partial charge in [0.25, 0.3) is 0 Å². The molecule has 0 bridgehead atoms. The summed E-state index contributed by atoms with van der Waals surface area (Å²) < 4.78 is 0. The Morgan fingerprint density at radius 3 is 2.53 bits per heavy atom. The summed E-state index contributed by atoms with van der Waals surface area (Å²) in [5.74, 6) is -1.29. The Bertz CT molecular complexity index is 443. The molecule has 1 atom stereocenters. The fraction of sp³-hybridized carbons (Fsp3) is 0.429. The highest BCUT2D eigenvalue weighted by Gasteiger charge is 2.23. The van der Waals surface area contributed by atoms with Gasteiger partial charge >= 0.3 is 5.97 Å². The summed E-state index contributed by atoms with van der Waals surface area (Å²) >= 11 is 0. The number of aliphatic carboxylic acids is 1. The molecule has 5 heteroatoms. The highest BCUT2D eigenvalue weighted by molar-refractivity contribution is 5.84. The number of nitrogens with one attached hydrogen (secondary N) is 2. The van der Waals surface area contributed by atoms with E-state index >= 15 is 0 Å². The molecule has 0 saturated heterocycles. The van der Waals surface area contributed by atoms with E-state index in [0.29, 0.717) is 24.6 Å². The van der Waals surface area contributed by atoms with Crippen LogP contribution >= 0.6 is 0 Å². The van der Waals surface area contributed by atoms with Crippen molar-refractivity contribution in [3.8, 4) is 0 Å². The number of benzene rings is 1. The molecular formula is C14H18N2O3. The minimum absolute atomic E-state index is 0.246. The van der Waals surface area contributed by atoms with Gasteiger partial charge in [-0.3, -0.25) is 4.79 Å². The van der Waals surface area contributed by atoms with Crippen molar-refractivity contribution in [1.82, 2.24) is 10.6 Å². The third-order valence-electron chi connectivity index (χ3n) is 3.05. The second-order valence-corrected chi connectivity index (χ2v) is 4.73. The SMILES string of the molecule is O=C(CCNC1CC1)N[C@H](C(=O)O)c1ccccc1. The van der Waals surface area contributed by atoms with Gasteiger partial charge in [0.2, 0.25) is 5.91 Å². The predicted octanol–water partition coefficient (Wildman–Crippen LogP) is 1.07. The van der Waals surface area contributed by atoms with Crippen molar-refractivity contribution in [2.75, 3.05) is 6.54 Å². The van der Waals surface area contributed by atoms with Crippen LogP contribution < -0.4 is 10.6 Å². The van der Waals surface area contributed by atoms with Crippen LogP contribution in [0.3, 0.4) is 0 Å². The summed E-state index contributed by atoms with van der Waals surface area (Å²) in [6, 6.07) is 8.29. The van der Waals surface area contributed by atoms with Crippen LogP contribution in [0.1, 0.15) is 30.9 Å². The highest BCUT2D eigenvalue weighted by Crippen LogP contribution is 2.18. The first-order valence-corrected chi connectivity index (χ1v) is 6.47. The van der Waals surface area contributed by atoms with Crippen LogP contribution in [-0.4, -0.2) is 29.6 Å². The van der Waals surface area contributed by atoms with Crippen LogP contribution in [0.4, 0.5) is 0 Å². The molecule has 2 rings (SSSR count). The fourth-order valence-corrected chi connectivity index (χ4v) is 1.84. The van der Waals surface area contributed by atoms with Gasteiger partial charge in [-0.25, -0.2) is 4.79 Å². The van der Waals surface area contributed by atoms with E-state index in [1.807, 2.05) is 6.07 Å². The third kappa shape index (κ3) is 4.37. The van der Waals surface area contributed by atoms with Crippen molar-refractivity contribution in [3.63, 3.8) is 0 Å². The van der Waals surface area contributed by atoms with Crippen molar-refractivity contribution >= 4 is 11.9 Å². The molecule has 1 amide bonds. The third-order valence-corrected chi connectivity index (χ3v) is 3.05. The summed E-state index contributed by atoms with van der Waals surface area (Å²) in [5, 5.41) is 14.9. The summed E-state index contributed by atoms with van der Waals surface area (Å²) in [6.07, 6.45) is 2.64. The number of amides is 1. The molecule has 1 fully saturated rings. The standard InChI is InChI=1S/C14H18N2O3/c17-12(8-9-15-11-6-7-11)16-13(14(18)19)10-4-2-1-3-5-10/h1-5,11,13,15H,6-9H2,(H,16,17)(H,18,19)/t13-/m0/s1. The van der Waals surface area contributed by atoms with Crippen molar-refractivity contribution < 1.29 is 14.7 Å². The molecule has 0 spiro atoms. The lowest BCUT2D eigenvalue weighted by molar-refractivity contribution is -0.142. The molecule has 1 aromatic carbocycles. The summed E-state index contributed by atoms with van der Waals surface area (Å²) in [6.45, 7) is 0.595. The molecule has 1 aliphatic rings. The van der Waals surface area contributed by atoms with Gasteiger partial charge in [0.05, 0.1) is 0 Å². The van der Waals surface area contributed by atoms with Crippen molar-refractivity contribution in [3.05, 3.63) is 35.9 Å². The lowest BCUT2D eigenvalue weighted by atomic mass is 10.1. The summed E-state index contributed by atoms with van der Waals surface area (Å²) in [4.78, 5) is 22.9. The summed E-state index contributed by atoms with van der Waals surface area (Å²) in [7, 11) is 0. The normalized spacial score (nSPS) is 15.8. The van der Waals surface area contributed by atoms with Gasteiger partial charge in [-0.2, -0.15) is 0 Å². The predicted molar refractivity (Wildman–Crippen MR) is 70.6 cm³/mol. The first-order valence-electron chi connectivity index (χ1n) is 6.47. The highest BCUT2D eigenvalue weighted by atomic mass is 16.4. The molecule has 3 N–H and O–H groups in total. The molecule has 19 heavy (non-hydrogen) atoms. The topological polar surface area (TPSA) is 78.4 Å². The molecule has 1 aliphatic carbocycles. The maximum atomic E-state index is 11.7. The Morgan fingerprint density at radius 2 is 1.95 bits per heavy atom. The van der Waals surface area contributed by atoms with Gasteiger partial charge in [0.15, 0.2) is 6.04 Å². The lowest BCUT2D eigenvalue weighted by Gasteiger charge is -2.15. The van der Waals surface area contributed by atoms with Gasteiger partial charge in [0.1, 0.15) is 0 Å². The number of carbonyl (C=O) groups excluding carboxylic acids is 1. The van der Waals surface area contributed by atoms with Gasteiger partial charge in [-0.15, -0.1) is 0 Å². The first kappa shape index (κ1) is 13.5. The molecule has 0 aliphatic heterocycles. The molecule has 0 aromatic heterocycles. The molecule has 0 unspecified atom stereocenters. The number of hydrogen-bond acceptors (Lipinski definition) is 3. The number of carboxylic acid groups (broad SMARTS) is 1. The molecule has 1 saturated carbocycles. The van der Waals surface area contributed by atoms with E-state index in [-0.39, 0.29) is 5.91 Å². The monoisotopic (exact) mass is 262 g/mol. The van der Waals surface area contributed by atoms with Gasteiger partial charge in [-0.05, 0) is 18.4 Å². The van der Waals surface area contributed by atoms with Crippen molar-refractivity contribution in [2.45, 2.75) is 31.3 Å². The van der Waals surface area contributed by atoms with Crippen LogP contribution in [0.25, 0.3) is 0 Å². The largest absolute Gasteiger partial charge is 0.479 e. The van der Waals surface area contributed by atoms with Crippen LogP contribution in [-0.2, 0) is 9.59 Å². The molecule has 5 nitrogen and oxygen atoms in total. The maximum absolute atomic E-state index is 11.7. The van der Waals surface area contributed by atoms with Crippen LogP contribution in [0.5, 0.6) is 0 Å². The number of carboxylic acids is 1. The quantitative estimate of drug-likeness (QED) is 0.687. The Hall–Kier alpha value is -1.88. The zero-order chi connectivity index (χ0) is 13.7. The Balaban J connectivity index is 1.85. The average Bonchev–Trinajstić information content (AvgIpc) is 3.21. The molecule has 1 aromatic rings. The second kappa shape index (κ2) is 6.33. The minimum Gasteiger partial charge on any atom is -0.479 e. The number of carbonyl (C=O) groups is 2. The van der Waals surface area contributed by atoms with E-state index < -0.39 is 12.0 Å². The van der Waals surface area contributed by atoms with E-state index in [4.69, 9.17) is 5.11 Å². The zero-order valence-corrected chi connectivity index (χ0v) is 10.6. The Labute approximate surface area is 112 Å². The lowest BCUT2D eigenvalue weighted by Crippen LogP contribution is -2.35. The maximum Gasteiger partial charge on any atom is 0.330 e. The van der Waals surface area contributed by atoms with Gasteiger partial charge in [-0.1, -0.05) is 30.3 Å². The second-order valence-electron chi connectivity index (χ2n) is 4.73. The number of hydrogen-bond donors (Lipinski definition) is 3. The van der Waals surface area contributed by atoms with E-state index in [9.17, 15) is 9.59 Å². The summed E-state index contributed by atoms with van der Waals surface area (Å²) in [5.41, 5.74) is 0.582. The average molecular weight is 262 g/mol. The Kier molecular flexibility index (Phi) is 4.52. The minimum atomic E-state index is -1.05. The van der Waals surface area contributed by atoms with Crippen LogP contribution in [0.15, 0.2) is 30.3 Å². The molecule has 0 heterocycles. The fourth-order valence-electron chi connectivity index (χ4n) is 1.84. The van der Waals surface area contributed by atoms with Crippen LogP contribution in [0, 0.1) is 0 Å². The van der Waals surface area contributed by atoms with Gasteiger partial charge < -0.3 is 15.7 Å². The smallest absolute Gasteiger partial charge is 0.330 e. The van der Waals surface area contributed by atoms with E-state index in [2.05, 4.69) is 10.6 Å². The molecule has 102 valence electrons. The molecule has 0 radical (unpaired) electrons. The van der Waals surface area contributed by atoms with Crippen molar-refractivity contribution in [1.29, 1.82) is 0 Å². The van der Waals surface area contributed by atoms with E-state index in [1.165, 1.54) is 12.8 Å².